The number of hydrogen-bond acceptors (Lipinski definition) is 6. The van der Waals surface area contributed by atoms with E-state index < -0.39 is 0 Å². The standard InChI is InChI=1S/C16H17N3O2S2/c1-22-14-7-3-2-6-12(14)15(20)11-5-4-8-19(10-11)16(21)13-9-17-23-18-13/h2-3,6-7,9,11H,4-5,8,10H2,1H3. The van der Waals surface area contributed by atoms with Gasteiger partial charge in [-0.1, -0.05) is 18.2 Å². The molecule has 1 amide bonds. The van der Waals surface area contributed by atoms with E-state index in [1.807, 2.05) is 30.5 Å². The zero-order valence-corrected chi connectivity index (χ0v) is 14.4. The lowest BCUT2D eigenvalue weighted by molar-refractivity contribution is 0.0632. The summed E-state index contributed by atoms with van der Waals surface area (Å²) in [6.07, 6.45) is 5.11. The molecule has 5 nitrogen and oxygen atoms in total. The van der Waals surface area contributed by atoms with E-state index in [1.165, 1.54) is 6.20 Å². The van der Waals surface area contributed by atoms with E-state index in [-0.39, 0.29) is 17.6 Å². The molecule has 1 aliphatic rings. The summed E-state index contributed by atoms with van der Waals surface area (Å²) >= 11 is 2.60. The molecule has 1 atom stereocenters. The van der Waals surface area contributed by atoms with Gasteiger partial charge in [0.05, 0.1) is 17.9 Å². The molecule has 1 unspecified atom stereocenters. The third-order valence-corrected chi connectivity index (χ3v) is 5.31. The van der Waals surface area contributed by atoms with Gasteiger partial charge in [-0.05, 0) is 25.2 Å². The minimum absolute atomic E-state index is 0.129. The molecule has 1 fully saturated rings. The molecule has 0 spiro atoms. The quantitative estimate of drug-likeness (QED) is 0.628. The second kappa shape index (κ2) is 7.23. The monoisotopic (exact) mass is 347 g/mol. The van der Waals surface area contributed by atoms with Crippen LogP contribution in [0.2, 0.25) is 0 Å². The van der Waals surface area contributed by atoms with E-state index in [2.05, 4.69) is 8.75 Å². The van der Waals surface area contributed by atoms with Crippen molar-refractivity contribution >= 4 is 35.2 Å². The first-order valence-corrected chi connectivity index (χ1v) is 9.40. The van der Waals surface area contributed by atoms with Crippen LogP contribution in [0.3, 0.4) is 0 Å². The summed E-state index contributed by atoms with van der Waals surface area (Å²) in [7, 11) is 0. The molecule has 2 heterocycles. The van der Waals surface area contributed by atoms with Crippen molar-refractivity contribution in [1.29, 1.82) is 0 Å². The first-order valence-electron chi connectivity index (χ1n) is 7.44. The molecule has 0 aliphatic carbocycles. The average molecular weight is 347 g/mol. The van der Waals surface area contributed by atoms with Crippen LogP contribution in [0, 0.1) is 5.92 Å². The number of rotatable bonds is 4. The third-order valence-electron chi connectivity index (χ3n) is 4.03. The van der Waals surface area contributed by atoms with Crippen LogP contribution >= 0.6 is 23.5 Å². The molecule has 0 radical (unpaired) electrons. The Morgan fingerprint density at radius 1 is 1.35 bits per heavy atom. The maximum absolute atomic E-state index is 12.9. The first-order chi connectivity index (χ1) is 11.2. The Labute approximate surface area is 143 Å². The molecule has 2 aromatic rings. The van der Waals surface area contributed by atoms with Crippen LogP contribution in [0.1, 0.15) is 33.7 Å². The fourth-order valence-electron chi connectivity index (χ4n) is 2.86. The topological polar surface area (TPSA) is 63.2 Å². The Bertz CT molecular complexity index is 703. The van der Waals surface area contributed by atoms with Crippen LogP contribution in [0.5, 0.6) is 0 Å². The van der Waals surface area contributed by atoms with Crippen LogP contribution in [0.25, 0.3) is 0 Å². The van der Waals surface area contributed by atoms with Crippen molar-refractivity contribution in [2.75, 3.05) is 19.3 Å². The summed E-state index contributed by atoms with van der Waals surface area (Å²) in [5, 5.41) is 0. The van der Waals surface area contributed by atoms with Crippen LogP contribution in [0.15, 0.2) is 35.4 Å². The van der Waals surface area contributed by atoms with Gasteiger partial charge in [-0.2, -0.15) is 8.75 Å². The second-order valence-corrected chi connectivity index (χ2v) is 6.85. The number of thioether (sulfide) groups is 1. The van der Waals surface area contributed by atoms with Gasteiger partial charge in [0.2, 0.25) is 0 Å². The van der Waals surface area contributed by atoms with E-state index in [4.69, 9.17) is 0 Å². The van der Waals surface area contributed by atoms with Gasteiger partial charge in [0.25, 0.3) is 5.91 Å². The highest BCUT2D eigenvalue weighted by molar-refractivity contribution is 7.98. The van der Waals surface area contributed by atoms with Crippen LogP contribution in [-0.2, 0) is 0 Å². The van der Waals surface area contributed by atoms with Crippen molar-refractivity contribution in [2.24, 2.45) is 5.92 Å². The molecule has 7 heteroatoms. The molecule has 0 bridgehead atoms. The first kappa shape index (κ1) is 16.1. The van der Waals surface area contributed by atoms with Gasteiger partial charge in [0, 0.05) is 29.5 Å². The molecular formula is C16H17N3O2S2. The van der Waals surface area contributed by atoms with Gasteiger partial charge in [0.15, 0.2) is 11.5 Å². The summed E-state index contributed by atoms with van der Waals surface area (Å²) in [6, 6.07) is 7.66. The lowest BCUT2D eigenvalue weighted by atomic mass is 9.90. The number of likely N-dealkylation sites (tertiary alicyclic amines) is 1. The van der Waals surface area contributed by atoms with Crippen molar-refractivity contribution < 1.29 is 9.59 Å². The maximum atomic E-state index is 12.9. The predicted molar refractivity (Wildman–Crippen MR) is 91.1 cm³/mol. The number of aromatic nitrogens is 2. The van der Waals surface area contributed by atoms with Crippen molar-refractivity contribution in [1.82, 2.24) is 13.6 Å². The fraction of sp³-hybridized carbons (Fsp3) is 0.375. The molecule has 3 rings (SSSR count). The summed E-state index contributed by atoms with van der Waals surface area (Å²) in [4.78, 5) is 28.0. The maximum Gasteiger partial charge on any atom is 0.275 e. The highest BCUT2D eigenvalue weighted by Gasteiger charge is 2.31. The lowest BCUT2D eigenvalue weighted by Gasteiger charge is -2.31. The minimum Gasteiger partial charge on any atom is -0.336 e. The molecule has 1 aromatic heterocycles. The second-order valence-electron chi connectivity index (χ2n) is 5.45. The molecule has 120 valence electrons. The Balaban J connectivity index is 1.76. The molecule has 1 aliphatic heterocycles. The molecule has 0 N–H and O–H groups in total. The number of carbonyl (C=O) groups is 2. The number of amides is 1. The van der Waals surface area contributed by atoms with Crippen molar-refractivity contribution in [3.05, 3.63) is 41.7 Å². The molecule has 1 aromatic carbocycles. The minimum atomic E-state index is -0.146. The van der Waals surface area contributed by atoms with E-state index in [9.17, 15) is 9.59 Å². The Morgan fingerprint density at radius 3 is 2.91 bits per heavy atom. The normalized spacial score (nSPS) is 18.0. The molecule has 0 saturated carbocycles. The number of ketones is 1. The van der Waals surface area contributed by atoms with Gasteiger partial charge >= 0.3 is 0 Å². The third kappa shape index (κ3) is 3.45. The van der Waals surface area contributed by atoms with Crippen LogP contribution < -0.4 is 0 Å². The number of hydrogen-bond donors (Lipinski definition) is 0. The molecular weight excluding hydrogens is 330 g/mol. The highest BCUT2D eigenvalue weighted by Crippen LogP contribution is 2.27. The largest absolute Gasteiger partial charge is 0.336 e. The van der Waals surface area contributed by atoms with Gasteiger partial charge < -0.3 is 4.90 Å². The smallest absolute Gasteiger partial charge is 0.275 e. The summed E-state index contributed by atoms with van der Waals surface area (Å²) < 4.78 is 7.87. The number of Topliss-reactive ketones (excluding diaryl/α,β-unsaturated/α-hetero) is 1. The zero-order chi connectivity index (χ0) is 16.2. The van der Waals surface area contributed by atoms with Crippen molar-refractivity contribution in [3.8, 4) is 0 Å². The zero-order valence-electron chi connectivity index (χ0n) is 12.8. The average Bonchev–Trinajstić information content (AvgIpc) is 3.15. The summed E-state index contributed by atoms with van der Waals surface area (Å²) in [6.45, 7) is 1.13. The van der Waals surface area contributed by atoms with E-state index in [0.29, 0.717) is 18.8 Å². The van der Waals surface area contributed by atoms with Crippen molar-refractivity contribution in [2.45, 2.75) is 17.7 Å². The van der Waals surface area contributed by atoms with E-state index in [0.717, 1.165) is 35.0 Å². The number of benzene rings is 1. The van der Waals surface area contributed by atoms with Crippen molar-refractivity contribution in [3.63, 3.8) is 0 Å². The van der Waals surface area contributed by atoms with Gasteiger partial charge in [-0.25, -0.2) is 0 Å². The fourth-order valence-corrected chi connectivity index (χ4v) is 3.88. The molecule has 1 saturated heterocycles. The number of carbonyl (C=O) groups excluding carboxylic acids is 2. The number of nitrogens with zero attached hydrogens (tertiary/aromatic N) is 3. The predicted octanol–water partition coefficient (Wildman–Crippen LogP) is 3.00. The lowest BCUT2D eigenvalue weighted by Crippen LogP contribution is -2.42. The SMILES string of the molecule is CSc1ccccc1C(=O)C1CCCN(C(=O)c2cnsn2)C1. The van der Waals surface area contributed by atoms with Gasteiger partial charge in [0.1, 0.15) is 0 Å². The number of piperidine rings is 1. The van der Waals surface area contributed by atoms with E-state index >= 15 is 0 Å². The van der Waals surface area contributed by atoms with Gasteiger partial charge in [-0.3, -0.25) is 9.59 Å². The van der Waals surface area contributed by atoms with E-state index in [1.54, 1.807) is 16.7 Å². The Morgan fingerprint density at radius 2 is 2.17 bits per heavy atom. The van der Waals surface area contributed by atoms with Crippen LogP contribution in [-0.4, -0.2) is 44.7 Å². The highest BCUT2D eigenvalue weighted by atomic mass is 32.2. The summed E-state index contributed by atoms with van der Waals surface area (Å²) in [5.41, 5.74) is 1.13. The Kier molecular flexibility index (Phi) is 5.07. The Hall–Kier alpha value is -1.73. The van der Waals surface area contributed by atoms with Gasteiger partial charge in [-0.15, -0.1) is 11.8 Å². The van der Waals surface area contributed by atoms with Crippen LogP contribution in [0.4, 0.5) is 0 Å². The molecule has 23 heavy (non-hydrogen) atoms. The summed E-state index contributed by atoms with van der Waals surface area (Å²) in [5.74, 6) is -0.147.